The molecule has 13 heavy (non-hydrogen) atoms. The quantitative estimate of drug-likeness (QED) is 0.508. The normalized spacial score (nSPS) is 14.1. The van der Waals surface area contributed by atoms with Gasteiger partial charge in [0, 0.05) is 4.57 Å². The third-order valence-corrected chi connectivity index (χ3v) is 2.16. The van der Waals surface area contributed by atoms with Crippen molar-refractivity contribution in [2.45, 2.75) is 33.0 Å². The lowest BCUT2D eigenvalue weighted by atomic mass is 10.4. The first-order valence-corrected chi connectivity index (χ1v) is 4.95. The fourth-order valence-corrected chi connectivity index (χ4v) is 1.27. The molecule has 6 heteroatoms. The van der Waals surface area contributed by atoms with E-state index in [2.05, 4.69) is 4.74 Å². The van der Waals surface area contributed by atoms with E-state index in [-0.39, 0.29) is 6.10 Å². The van der Waals surface area contributed by atoms with Crippen LogP contribution in [0.5, 0.6) is 0 Å². The average Bonchev–Trinajstić information content (AvgIpc) is 2.01. The maximum Gasteiger partial charge on any atom is 0.698 e. The van der Waals surface area contributed by atoms with Crippen molar-refractivity contribution in [2.24, 2.45) is 0 Å². The summed E-state index contributed by atoms with van der Waals surface area (Å²) in [6.45, 7) is 4.89. The molecule has 76 valence electrons. The molecule has 0 aromatic heterocycles. The first-order valence-electron chi connectivity index (χ1n) is 3.86. The highest BCUT2D eigenvalue weighted by atomic mass is 31.1. The molecule has 0 aromatic carbocycles. The highest BCUT2D eigenvalue weighted by Gasteiger charge is 2.30. The molecule has 0 N–H and O–H groups in total. The van der Waals surface area contributed by atoms with Crippen LogP contribution in [0.4, 0.5) is 0 Å². The van der Waals surface area contributed by atoms with Gasteiger partial charge in [0.15, 0.2) is 0 Å². The Morgan fingerprint density at radius 3 is 2.15 bits per heavy atom. The summed E-state index contributed by atoms with van der Waals surface area (Å²) in [7, 11) is -1.01. The Balaban J connectivity index is 3.85. The van der Waals surface area contributed by atoms with Crippen LogP contribution in [0, 0.1) is 0 Å². The van der Waals surface area contributed by atoms with E-state index in [4.69, 9.17) is 9.05 Å². The van der Waals surface area contributed by atoms with Gasteiger partial charge < -0.3 is 4.74 Å². The molecule has 0 spiro atoms. The van der Waals surface area contributed by atoms with Gasteiger partial charge in [0.25, 0.3) is 0 Å². The zero-order valence-corrected chi connectivity index (χ0v) is 9.04. The minimum Gasteiger partial charge on any atom is -0.467 e. The van der Waals surface area contributed by atoms with E-state index in [0.29, 0.717) is 0 Å². The van der Waals surface area contributed by atoms with E-state index in [0.717, 1.165) is 0 Å². The van der Waals surface area contributed by atoms with Crippen LogP contribution in [0.2, 0.25) is 0 Å². The third kappa shape index (κ3) is 5.69. The zero-order chi connectivity index (χ0) is 10.4. The molecule has 0 heterocycles. The SMILES string of the molecule is COC(=O)C(C)O[P+](=O)OC(C)C. The molecule has 0 radical (unpaired) electrons. The highest BCUT2D eigenvalue weighted by Crippen LogP contribution is 2.27. The van der Waals surface area contributed by atoms with E-state index in [1.165, 1.54) is 14.0 Å². The Kier molecular flexibility index (Phi) is 5.79. The largest absolute Gasteiger partial charge is 0.698 e. The van der Waals surface area contributed by atoms with Gasteiger partial charge in [-0.2, -0.15) is 0 Å². The van der Waals surface area contributed by atoms with Gasteiger partial charge in [-0.1, -0.05) is 0 Å². The van der Waals surface area contributed by atoms with E-state index < -0.39 is 20.3 Å². The van der Waals surface area contributed by atoms with Crippen LogP contribution in [0.3, 0.4) is 0 Å². The summed E-state index contributed by atoms with van der Waals surface area (Å²) in [5.74, 6) is -0.573. The van der Waals surface area contributed by atoms with Crippen LogP contribution >= 0.6 is 8.25 Å². The molecule has 2 unspecified atom stereocenters. The predicted octanol–water partition coefficient (Wildman–Crippen LogP) is 1.65. The van der Waals surface area contributed by atoms with Gasteiger partial charge in [-0.15, -0.1) is 9.05 Å². The summed E-state index contributed by atoms with van der Waals surface area (Å²) in [5.41, 5.74) is 0. The fourth-order valence-electron chi connectivity index (χ4n) is 0.535. The molecular formula is C7H14O5P+. The van der Waals surface area contributed by atoms with Crippen LogP contribution in [0.25, 0.3) is 0 Å². The predicted molar refractivity (Wildman–Crippen MR) is 46.4 cm³/mol. The second-order valence-corrected chi connectivity index (χ2v) is 3.52. The van der Waals surface area contributed by atoms with Crippen molar-refractivity contribution in [2.75, 3.05) is 7.11 Å². The lowest BCUT2D eigenvalue weighted by molar-refractivity contribution is -0.148. The molecule has 0 aliphatic heterocycles. The van der Waals surface area contributed by atoms with Crippen LogP contribution in [0.1, 0.15) is 20.8 Å². The van der Waals surface area contributed by atoms with Gasteiger partial charge in [0.1, 0.15) is 6.10 Å². The molecule has 5 nitrogen and oxygen atoms in total. The van der Waals surface area contributed by atoms with Crippen molar-refractivity contribution in [1.29, 1.82) is 0 Å². The maximum absolute atomic E-state index is 11.0. The van der Waals surface area contributed by atoms with Crippen LogP contribution < -0.4 is 0 Å². The van der Waals surface area contributed by atoms with Crippen molar-refractivity contribution in [1.82, 2.24) is 0 Å². The summed E-state index contributed by atoms with van der Waals surface area (Å²) in [4.78, 5) is 10.8. The molecule has 0 rings (SSSR count). The molecule has 0 aliphatic rings. The van der Waals surface area contributed by atoms with Gasteiger partial charge >= 0.3 is 14.2 Å². The third-order valence-electron chi connectivity index (χ3n) is 1.07. The lowest BCUT2D eigenvalue weighted by Crippen LogP contribution is -2.19. The van der Waals surface area contributed by atoms with Crippen molar-refractivity contribution in [3.8, 4) is 0 Å². The van der Waals surface area contributed by atoms with Crippen LogP contribution in [-0.4, -0.2) is 25.3 Å². The Morgan fingerprint density at radius 2 is 1.77 bits per heavy atom. The smallest absolute Gasteiger partial charge is 0.467 e. The van der Waals surface area contributed by atoms with Gasteiger partial charge in [0.2, 0.25) is 6.10 Å². The van der Waals surface area contributed by atoms with Gasteiger partial charge in [-0.05, 0) is 20.8 Å². The summed E-state index contributed by atoms with van der Waals surface area (Å²) in [5, 5.41) is 0. The second kappa shape index (κ2) is 6.02. The minimum absolute atomic E-state index is 0.201. The molecule has 0 bridgehead atoms. The topological polar surface area (TPSA) is 61.8 Å². The van der Waals surface area contributed by atoms with Gasteiger partial charge in [0.05, 0.1) is 7.11 Å². The number of ether oxygens (including phenoxy) is 1. The summed E-state index contributed by atoms with van der Waals surface area (Å²) < 4.78 is 24.9. The highest BCUT2D eigenvalue weighted by molar-refractivity contribution is 7.33. The standard InChI is InChI=1S/C7H14O5P/c1-5(2)11-13(9)12-6(3)7(8)10-4/h5-6H,1-4H3/q+1. The van der Waals surface area contributed by atoms with Crippen molar-refractivity contribution in [3.63, 3.8) is 0 Å². The second-order valence-electron chi connectivity index (χ2n) is 2.65. The first-order chi connectivity index (χ1) is 5.97. The van der Waals surface area contributed by atoms with Gasteiger partial charge in [-0.25, -0.2) is 4.79 Å². The maximum atomic E-state index is 11.0. The molecule has 0 aromatic rings. The fraction of sp³-hybridized carbons (Fsp3) is 0.857. The summed E-state index contributed by atoms with van der Waals surface area (Å²) in [6.07, 6.45) is -1.07. The average molecular weight is 209 g/mol. The van der Waals surface area contributed by atoms with E-state index >= 15 is 0 Å². The molecule has 0 saturated heterocycles. The van der Waals surface area contributed by atoms with Crippen LogP contribution in [-0.2, 0) is 23.1 Å². The van der Waals surface area contributed by atoms with E-state index in [1.807, 2.05) is 0 Å². The van der Waals surface area contributed by atoms with Gasteiger partial charge in [-0.3, -0.25) is 0 Å². The van der Waals surface area contributed by atoms with Crippen molar-refractivity contribution >= 4 is 14.2 Å². The molecule has 0 saturated carbocycles. The molecule has 0 fully saturated rings. The molecule has 2 atom stereocenters. The monoisotopic (exact) mass is 209 g/mol. The van der Waals surface area contributed by atoms with E-state index in [9.17, 15) is 9.36 Å². The summed E-state index contributed by atoms with van der Waals surface area (Å²) >= 11 is 0. The zero-order valence-electron chi connectivity index (χ0n) is 8.14. The number of rotatable bonds is 5. The van der Waals surface area contributed by atoms with Crippen molar-refractivity contribution in [3.05, 3.63) is 0 Å². The molecule has 0 aliphatic carbocycles. The lowest BCUT2D eigenvalue weighted by Gasteiger charge is -2.01. The Bertz CT molecular complexity index is 191. The number of hydrogen-bond donors (Lipinski definition) is 0. The number of carbonyl (C=O) groups excluding carboxylic acids is 1. The Morgan fingerprint density at radius 1 is 1.23 bits per heavy atom. The van der Waals surface area contributed by atoms with E-state index in [1.54, 1.807) is 13.8 Å². The van der Waals surface area contributed by atoms with Crippen molar-refractivity contribution < 1.29 is 23.1 Å². The Hall–Kier alpha value is -0.510. The molecular weight excluding hydrogens is 195 g/mol. The summed E-state index contributed by atoms with van der Waals surface area (Å²) in [6, 6.07) is 0. The minimum atomic E-state index is -2.25. The van der Waals surface area contributed by atoms with Crippen LogP contribution in [0.15, 0.2) is 0 Å². The Labute approximate surface area is 78.3 Å². The number of carbonyl (C=O) groups is 1. The number of esters is 1. The number of methoxy groups -OCH3 is 1. The first kappa shape index (κ1) is 12.5. The number of hydrogen-bond acceptors (Lipinski definition) is 5. The molecule has 0 amide bonds.